The van der Waals surface area contributed by atoms with Crippen LogP contribution in [0.5, 0.6) is 0 Å². The summed E-state index contributed by atoms with van der Waals surface area (Å²) in [6, 6.07) is 3.15. The standard InChI is InChI=1S/C18H22N4O7/c1-2-29-15(24)9-12(10-3-5-11(6-4-10)22(27)28)16(17(19)25)21-18(26)13-7-8-14(23)20-13/h3-6,12-13,16H,2,7-9H2,1H3,(H2,19,25)(H,20,23)(H,21,26)/t12-,13+,16+/m1/s1. The van der Waals surface area contributed by atoms with Crippen molar-refractivity contribution in [3.63, 3.8) is 0 Å². The van der Waals surface area contributed by atoms with Gasteiger partial charge in [0.2, 0.25) is 17.7 Å². The SMILES string of the molecule is CCOC(=O)C[C@H](c1ccc([N+](=O)[O-])cc1)[C@H](NC(=O)[C@@H]1CCC(=O)N1)C(N)=O. The number of hydrogen-bond acceptors (Lipinski definition) is 7. The average molecular weight is 406 g/mol. The van der Waals surface area contributed by atoms with Gasteiger partial charge in [-0.1, -0.05) is 12.1 Å². The van der Waals surface area contributed by atoms with Crippen LogP contribution >= 0.6 is 0 Å². The van der Waals surface area contributed by atoms with Crippen LogP contribution in [0.1, 0.15) is 37.7 Å². The van der Waals surface area contributed by atoms with E-state index in [0.717, 1.165) is 0 Å². The van der Waals surface area contributed by atoms with E-state index in [0.29, 0.717) is 5.56 Å². The summed E-state index contributed by atoms with van der Waals surface area (Å²) in [5, 5.41) is 15.9. The number of carbonyl (C=O) groups is 4. The summed E-state index contributed by atoms with van der Waals surface area (Å²) in [6.07, 6.45) is 0.181. The van der Waals surface area contributed by atoms with Crippen molar-refractivity contribution >= 4 is 29.4 Å². The summed E-state index contributed by atoms with van der Waals surface area (Å²) in [7, 11) is 0. The first-order valence-corrected chi connectivity index (χ1v) is 9.02. The number of carbonyl (C=O) groups excluding carboxylic acids is 4. The molecule has 29 heavy (non-hydrogen) atoms. The average Bonchev–Trinajstić information content (AvgIpc) is 3.11. The summed E-state index contributed by atoms with van der Waals surface area (Å²) < 4.78 is 4.94. The lowest BCUT2D eigenvalue weighted by atomic mass is 9.87. The van der Waals surface area contributed by atoms with E-state index in [9.17, 15) is 29.3 Å². The highest BCUT2D eigenvalue weighted by Crippen LogP contribution is 2.27. The molecule has 0 saturated carbocycles. The molecule has 1 fully saturated rings. The minimum Gasteiger partial charge on any atom is -0.466 e. The predicted molar refractivity (Wildman–Crippen MR) is 99.4 cm³/mol. The Morgan fingerprint density at radius 2 is 2.00 bits per heavy atom. The molecule has 1 aliphatic heterocycles. The minimum absolute atomic E-state index is 0.119. The van der Waals surface area contributed by atoms with Crippen LogP contribution in [0.25, 0.3) is 0 Å². The van der Waals surface area contributed by atoms with E-state index >= 15 is 0 Å². The van der Waals surface area contributed by atoms with Crippen LogP contribution in [0.3, 0.4) is 0 Å². The van der Waals surface area contributed by atoms with Crippen LogP contribution in [-0.4, -0.2) is 47.3 Å². The molecule has 2 rings (SSSR count). The number of nitrogens with two attached hydrogens (primary N) is 1. The van der Waals surface area contributed by atoms with Gasteiger partial charge in [0.15, 0.2) is 0 Å². The normalized spacial score (nSPS) is 17.7. The van der Waals surface area contributed by atoms with E-state index in [4.69, 9.17) is 10.5 Å². The Bertz CT molecular complexity index is 809. The van der Waals surface area contributed by atoms with Gasteiger partial charge in [0.05, 0.1) is 18.0 Å². The van der Waals surface area contributed by atoms with Gasteiger partial charge in [0.1, 0.15) is 12.1 Å². The number of hydrogen-bond donors (Lipinski definition) is 3. The highest BCUT2D eigenvalue weighted by atomic mass is 16.6. The van der Waals surface area contributed by atoms with E-state index in [2.05, 4.69) is 10.6 Å². The third kappa shape index (κ3) is 5.74. The van der Waals surface area contributed by atoms with Gasteiger partial charge in [-0.25, -0.2) is 0 Å². The molecular weight excluding hydrogens is 384 g/mol. The fraction of sp³-hybridized carbons (Fsp3) is 0.444. The molecule has 1 heterocycles. The number of rotatable bonds is 9. The predicted octanol–water partition coefficient (Wildman–Crippen LogP) is -0.120. The van der Waals surface area contributed by atoms with E-state index in [1.807, 2.05) is 0 Å². The smallest absolute Gasteiger partial charge is 0.306 e. The molecule has 0 aliphatic carbocycles. The maximum atomic E-state index is 12.5. The number of amides is 3. The molecule has 11 nitrogen and oxygen atoms in total. The fourth-order valence-electron chi connectivity index (χ4n) is 3.11. The van der Waals surface area contributed by atoms with Crippen molar-refractivity contribution in [2.24, 2.45) is 5.73 Å². The van der Waals surface area contributed by atoms with E-state index in [-0.39, 0.29) is 37.5 Å². The number of nitrogens with zero attached hydrogens (tertiary/aromatic N) is 1. The quantitative estimate of drug-likeness (QED) is 0.291. The van der Waals surface area contributed by atoms with Crippen LogP contribution in [0.4, 0.5) is 5.69 Å². The molecule has 3 amide bonds. The monoisotopic (exact) mass is 406 g/mol. The summed E-state index contributed by atoms with van der Waals surface area (Å²) >= 11 is 0. The van der Waals surface area contributed by atoms with Gasteiger partial charge >= 0.3 is 5.97 Å². The largest absolute Gasteiger partial charge is 0.466 e. The first kappa shape index (κ1) is 21.8. The number of nitrogens with one attached hydrogen (secondary N) is 2. The molecule has 0 radical (unpaired) electrons. The lowest BCUT2D eigenvalue weighted by molar-refractivity contribution is -0.384. The Morgan fingerprint density at radius 3 is 2.48 bits per heavy atom. The second kappa shape index (κ2) is 9.62. The van der Waals surface area contributed by atoms with Crippen LogP contribution < -0.4 is 16.4 Å². The molecule has 1 saturated heterocycles. The maximum absolute atomic E-state index is 12.5. The van der Waals surface area contributed by atoms with Crippen molar-refractivity contribution < 1.29 is 28.8 Å². The highest BCUT2D eigenvalue weighted by Gasteiger charge is 2.35. The topological polar surface area (TPSA) is 171 Å². The van der Waals surface area contributed by atoms with E-state index in [1.54, 1.807) is 6.92 Å². The molecule has 0 spiro atoms. The third-order valence-corrected chi connectivity index (χ3v) is 4.54. The Hall–Kier alpha value is -3.50. The van der Waals surface area contributed by atoms with Crippen molar-refractivity contribution in [2.45, 2.75) is 44.2 Å². The molecule has 11 heteroatoms. The molecule has 1 aliphatic rings. The molecule has 0 unspecified atom stereocenters. The van der Waals surface area contributed by atoms with Gasteiger partial charge in [0, 0.05) is 24.5 Å². The van der Waals surface area contributed by atoms with Crippen molar-refractivity contribution in [1.29, 1.82) is 0 Å². The lowest BCUT2D eigenvalue weighted by Crippen LogP contribution is -2.53. The van der Waals surface area contributed by atoms with Crippen molar-refractivity contribution in [3.8, 4) is 0 Å². The van der Waals surface area contributed by atoms with E-state index in [1.165, 1.54) is 24.3 Å². The first-order valence-electron chi connectivity index (χ1n) is 9.02. The van der Waals surface area contributed by atoms with Crippen molar-refractivity contribution in [3.05, 3.63) is 39.9 Å². The number of nitro benzene ring substituents is 1. The van der Waals surface area contributed by atoms with Gasteiger partial charge in [-0.05, 0) is 18.9 Å². The zero-order valence-electron chi connectivity index (χ0n) is 15.8. The second-order valence-electron chi connectivity index (χ2n) is 6.51. The molecular formula is C18H22N4O7. The van der Waals surface area contributed by atoms with Crippen molar-refractivity contribution in [1.82, 2.24) is 10.6 Å². The molecule has 0 aromatic heterocycles. The van der Waals surface area contributed by atoms with Crippen LogP contribution in [-0.2, 0) is 23.9 Å². The second-order valence-corrected chi connectivity index (χ2v) is 6.51. The minimum atomic E-state index is -1.29. The molecule has 4 N–H and O–H groups in total. The first-order chi connectivity index (χ1) is 13.7. The number of ether oxygens (including phenoxy) is 1. The zero-order valence-corrected chi connectivity index (χ0v) is 15.8. The summed E-state index contributed by atoms with van der Waals surface area (Å²) in [6.45, 7) is 1.74. The van der Waals surface area contributed by atoms with Crippen LogP contribution in [0, 0.1) is 10.1 Å². The fourth-order valence-corrected chi connectivity index (χ4v) is 3.11. The number of benzene rings is 1. The summed E-state index contributed by atoms with van der Waals surface area (Å²) in [5.41, 5.74) is 5.70. The lowest BCUT2D eigenvalue weighted by Gasteiger charge is -2.26. The number of non-ortho nitro benzene ring substituents is 1. The molecule has 1 aromatic carbocycles. The van der Waals surface area contributed by atoms with Crippen molar-refractivity contribution in [2.75, 3.05) is 6.61 Å². The Balaban J connectivity index is 2.30. The summed E-state index contributed by atoms with van der Waals surface area (Å²) in [4.78, 5) is 58.2. The molecule has 156 valence electrons. The number of primary amides is 1. The molecule has 1 aromatic rings. The number of nitro groups is 1. The Morgan fingerprint density at radius 1 is 1.34 bits per heavy atom. The van der Waals surface area contributed by atoms with Crippen LogP contribution in [0.15, 0.2) is 24.3 Å². The highest BCUT2D eigenvalue weighted by molar-refractivity contribution is 5.94. The molecule has 3 atom stereocenters. The van der Waals surface area contributed by atoms with Gasteiger partial charge in [0.25, 0.3) is 5.69 Å². The Kier molecular flexibility index (Phi) is 7.23. The number of esters is 1. The zero-order chi connectivity index (χ0) is 21.6. The third-order valence-electron chi connectivity index (χ3n) is 4.54. The molecule has 0 bridgehead atoms. The summed E-state index contributed by atoms with van der Waals surface area (Å²) in [5.74, 6) is -3.30. The van der Waals surface area contributed by atoms with Gasteiger partial charge < -0.3 is 21.1 Å². The Labute approximate surface area is 166 Å². The van der Waals surface area contributed by atoms with Gasteiger partial charge in [-0.2, -0.15) is 0 Å². The van der Waals surface area contributed by atoms with Crippen LogP contribution in [0.2, 0.25) is 0 Å². The van der Waals surface area contributed by atoms with Gasteiger partial charge in [-0.3, -0.25) is 29.3 Å². The maximum Gasteiger partial charge on any atom is 0.306 e. The van der Waals surface area contributed by atoms with E-state index < -0.39 is 40.7 Å². The van der Waals surface area contributed by atoms with Gasteiger partial charge in [-0.15, -0.1) is 0 Å².